The third-order valence-corrected chi connectivity index (χ3v) is 2.70. The molecule has 1 aromatic rings. The lowest BCUT2D eigenvalue weighted by atomic mass is 10.1. The second-order valence-corrected chi connectivity index (χ2v) is 4.02. The van der Waals surface area contributed by atoms with Crippen LogP contribution in [0.25, 0.3) is 0 Å². The summed E-state index contributed by atoms with van der Waals surface area (Å²) in [5.41, 5.74) is 4.20. The largest absolute Gasteiger partial charge is 0.574 e. The van der Waals surface area contributed by atoms with Crippen LogP contribution in [0.15, 0.2) is 6.20 Å². The Morgan fingerprint density at radius 2 is 2.00 bits per heavy atom. The van der Waals surface area contributed by atoms with Gasteiger partial charge in [-0.2, -0.15) is 0 Å². The van der Waals surface area contributed by atoms with Crippen LogP contribution in [0.3, 0.4) is 0 Å². The zero-order valence-corrected chi connectivity index (χ0v) is 10.2. The van der Waals surface area contributed by atoms with Gasteiger partial charge in [-0.1, -0.05) is 0 Å². The maximum atomic E-state index is 12.7. The summed E-state index contributed by atoms with van der Waals surface area (Å²) >= 11 is 1.66. The SMILES string of the molecule is NCc1c(I)cnc(OC(F)(F)F)c1C(F)F. The Hall–Kier alpha value is -0.710. The Labute approximate surface area is 106 Å². The van der Waals surface area contributed by atoms with Gasteiger partial charge in [-0.25, -0.2) is 13.8 Å². The average molecular weight is 368 g/mol. The van der Waals surface area contributed by atoms with Gasteiger partial charge in [0.1, 0.15) is 0 Å². The van der Waals surface area contributed by atoms with Crippen LogP contribution < -0.4 is 10.5 Å². The molecule has 1 heterocycles. The number of halogens is 6. The molecular weight excluding hydrogens is 362 g/mol. The minimum absolute atomic E-state index is 0.102. The summed E-state index contributed by atoms with van der Waals surface area (Å²) < 4.78 is 65.0. The smallest absolute Gasteiger partial charge is 0.387 e. The van der Waals surface area contributed by atoms with E-state index in [9.17, 15) is 22.0 Å². The zero-order chi connectivity index (χ0) is 13.2. The standard InChI is InChI=1S/C8H6F5IN2O/c9-6(10)5-3(1-15)4(14)2-16-7(5)17-8(11,12)13/h2,6H,1,15H2. The molecule has 0 aliphatic rings. The number of ether oxygens (including phenoxy) is 1. The van der Waals surface area contributed by atoms with E-state index in [-0.39, 0.29) is 15.7 Å². The predicted octanol–water partition coefficient (Wildman–Crippen LogP) is 2.98. The summed E-state index contributed by atoms with van der Waals surface area (Å²) in [5, 5.41) is 0. The number of aromatic nitrogens is 1. The Kier molecular flexibility index (Phi) is 4.47. The third-order valence-electron chi connectivity index (χ3n) is 1.77. The van der Waals surface area contributed by atoms with Crippen molar-refractivity contribution in [1.82, 2.24) is 4.98 Å². The van der Waals surface area contributed by atoms with E-state index in [1.54, 1.807) is 22.6 Å². The van der Waals surface area contributed by atoms with Gasteiger partial charge >= 0.3 is 6.36 Å². The van der Waals surface area contributed by atoms with E-state index < -0.39 is 24.2 Å². The van der Waals surface area contributed by atoms with Gasteiger partial charge in [-0.15, -0.1) is 13.2 Å². The van der Waals surface area contributed by atoms with Gasteiger partial charge in [0.2, 0.25) is 5.88 Å². The summed E-state index contributed by atoms with van der Waals surface area (Å²) in [5.74, 6) is -1.16. The molecule has 2 N–H and O–H groups in total. The van der Waals surface area contributed by atoms with Crippen molar-refractivity contribution >= 4 is 22.6 Å². The van der Waals surface area contributed by atoms with Crippen molar-refractivity contribution in [3.63, 3.8) is 0 Å². The van der Waals surface area contributed by atoms with Crippen LogP contribution in [-0.4, -0.2) is 11.3 Å². The van der Waals surface area contributed by atoms with Gasteiger partial charge in [0, 0.05) is 16.3 Å². The molecule has 0 aliphatic heterocycles. The summed E-state index contributed by atoms with van der Waals surface area (Å²) in [6, 6.07) is 0. The first kappa shape index (κ1) is 14.4. The van der Waals surface area contributed by atoms with Gasteiger partial charge in [0.15, 0.2) is 0 Å². The Morgan fingerprint density at radius 1 is 1.41 bits per heavy atom. The lowest BCUT2D eigenvalue weighted by molar-refractivity contribution is -0.276. The van der Waals surface area contributed by atoms with E-state index in [1.807, 2.05) is 0 Å². The molecule has 0 fully saturated rings. The molecule has 0 unspecified atom stereocenters. The minimum Gasteiger partial charge on any atom is -0.387 e. The van der Waals surface area contributed by atoms with Crippen molar-refractivity contribution in [1.29, 1.82) is 0 Å². The molecule has 0 saturated heterocycles. The lowest BCUT2D eigenvalue weighted by Gasteiger charge is -2.15. The molecule has 0 saturated carbocycles. The summed E-state index contributed by atoms with van der Waals surface area (Å²) in [7, 11) is 0. The summed E-state index contributed by atoms with van der Waals surface area (Å²) in [6.07, 6.45) is -7.22. The number of rotatable bonds is 3. The number of alkyl halides is 5. The molecule has 0 spiro atoms. The van der Waals surface area contributed by atoms with Gasteiger partial charge in [-0.3, -0.25) is 0 Å². The van der Waals surface area contributed by atoms with Crippen LogP contribution in [0.5, 0.6) is 5.88 Å². The van der Waals surface area contributed by atoms with E-state index in [2.05, 4.69) is 9.72 Å². The molecule has 0 aromatic carbocycles. The van der Waals surface area contributed by atoms with E-state index in [4.69, 9.17) is 5.73 Å². The van der Waals surface area contributed by atoms with Crippen molar-refractivity contribution in [3.8, 4) is 5.88 Å². The van der Waals surface area contributed by atoms with Crippen molar-refractivity contribution in [2.75, 3.05) is 0 Å². The molecule has 0 atom stereocenters. The predicted molar refractivity (Wildman–Crippen MR) is 56.5 cm³/mol. The molecule has 0 bridgehead atoms. The molecule has 0 radical (unpaired) electrons. The van der Waals surface area contributed by atoms with Gasteiger partial charge in [-0.05, 0) is 28.2 Å². The van der Waals surface area contributed by atoms with Gasteiger partial charge in [0.25, 0.3) is 6.43 Å². The minimum atomic E-state index is -5.07. The Bertz CT molecular complexity index is 410. The topological polar surface area (TPSA) is 48.1 Å². The molecule has 0 amide bonds. The van der Waals surface area contributed by atoms with Crippen LogP contribution in [0, 0.1) is 3.57 Å². The van der Waals surface area contributed by atoms with Crippen LogP contribution >= 0.6 is 22.6 Å². The Balaban J connectivity index is 3.30. The molecule has 1 rings (SSSR count). The fourth-order valence-electron chi connectivity index (χ4n) is 1.14. The average Bonchev–Trinajstić information content (AvgIpc) is 2.17. The highest BCUT2D eigenvalue weighted by molar-refractivity contribution is 14.1. The van der Waals surface area contributed by atoms with Crippen LogP contribution in [0.2, 0.25) is 0 Å². The highest BCUT2D eigenvalue weighted by atomic mass is 127. The van der Waals surface area contributed by atoms with Crippen molar-refractivity contribution < 1.29 is 26.7 Å². The molecule has 9 heteroatoms. The maximum Gasteiger partial charge on any atom is 0.574 e. The normalized spacial score (nSPS) is 12.0. The molecule has 1 aromatic heterocycles. The lowest BCUT2D eigenvalue weighted by Crippen LogP contribution is -2.20. The summed E-state index contributed by atoms with van der Waals surface area (Å²) in [6.45, 7) is -0.325. The molecule has 3 nitrogen and oxygen atoms in total. The summed E-state index contributed by atoms with van der Waals surface area (Å²) in [4.78, 5) is 3.21. The van der Waals surface area contributed by atoms with E-state index in [1.165, 1.54) is 0 Å². The highest BCUT2D eigenvalue weighted by Crippen LogP contribution is 2.35. The Morgan fingerprint density at radius 3 is 2.41 bits per heavy atom. The fraction of sp³-hybridized carbons (Fsp3) is 0.375. The number of hydrogen-bond acceptors (Lipinski definition) is 3. The van der Waals surface area contributed by atoms with Crippen LogP contribution in [-0.2, 0) is 6.54 Å². The van der Waals surface area contributed by atoms with Gasteiger partial charge in [0.05, 0.1) is 5.56 Å². The number of pyridine rings is 1. The first-order chi connectivity index (χ1) is 7.76. The van der Waals surface area contributed by atoms with Crippen LogP contribution in [0.4, 0.5) is 22.0 Å². The first-order valence-electron chi connectivity index (χ1n) is 4.17. The zero-order valence-electron chi connectivity index (χ0n) is 8.06. The molecule has 96 valence electrons. The van der Waals surface area contributed by atoms with E-state index >= 15 is 0 Å². The molecule has 17 heavy (non-hydrogen) atoms. The maximum absolute atomic E-state index is 12.7. The fourth-order valence-corrected chi connectivity index (χ4v) is 1.79. The van der Waals surface area contributed by atoms with E-state index in [0.29, 0.717) is 0 Å². The van der Waals surface area contributed by atoms with Crippen molar-refractivity contribution in [2.24, 2.45) is 5.73 Å². The van der Waals surface area contributed by atoms with E-state index in [0.717, 1.165) is 6.20 Å². The number of hydrogen-bond donors (Lipinski definition) is 1. The molecule has 0 aliphatic carbocycles. The first-order valence-corrected chi connectivity index (χ1v) is 5.25. The monoisotopic (exact) mass is 368 g/mol. The highest BCUT2D eigenvalue weighted by Gasteiger charge is 2.35. The van der Waals surface area contributed by atoms with Crippen LogP contribution in [0.1, 0.15) is 17.6 Å². The third kappa shape index (κ3) is 3.63. The van der Waals surface area contributed by atoms with Crippen molar-refractivity contribution in [3.05, 3.63) is 20.9 Å². The second kappa shape index (κ2) is 5.29. The molecular formula is C8H6F5IN2O. The quantitative estimate of drug-likeness (QED) is 0.659. The number of nitrogens with two attached hydrogens (primary N) is 1. The number of nitrogens with zero attached hydrogens (tertiary/aromatic N) is 1. The van der Waals surface area contributed by atoms with Gasteiger partial charge < -0.3 is 10.5 Å². The van der Waals surface area contributed by atoms with Crippen molar-refractivity contribution in [2.45, 2.75) is 19.3 Å². The second-order valence-electron chi connectivity index (χ2n) is 2.86.